The van der Waals surface area contributed by atoms with Crippen LogP contribution in [0.5, 0.6) is 0 Å². The third kappa shape index (κ3) is 7.42. The monoisotopic (exact) mass is 517 g/mol. The molecule has 0 bridgehead atoms. The van der Waals surface area contributed by atoms with E-state index in [1.165, 1.54) is 46.0 Å². The van der Waals surface area contributed by atoms with Crippen molar-refractivity contribution in [1.82, 2.24) is 15.2 Å². The second-order valence-electron chi connectivity index (χ2n) is 8.12. The number of thioether (sulfide) groups is 1. The minimum Gasteiger partial charge on any atom is -0.394 e. The molecule has 3 heterocycles. The third-order valence-electron chi connectivity index (χ3n) is 5.43. The number of allylic oxidation sites excluding steroid dienone is 2. The largest absolute Gasteiger partial charge is 0.419 e. The van der Waals surface area contributed by atoms with Crippen LogP contribution in [0.1, 0.15) is 18.1 Å². The molecule has 2 aliphatic heterocycles. The number of pyridine rings is 1. The van der Waals surface area contributed by atoms with Crippen LogP contribution >= 0.6 is 11.8 Å². The molecular formula is C22H27F4N5O3S. The predicted octanol–water partition coefficient (Wildman–Crippen LogP) is 2.73. The van der Waals surface area contributed by atoms with Crippen molar-refractivity contribution in [2.24, 2.45) is 4.99 Å². The van der Waals surface area contributed by atoms with Gasteiger partial charge in [0.1, 0.15) is 11.6 Å². The SMILES string of the molecule is CC1CN(c2ncc(CC(O)CO)cc2C(F)(F)F)CCN1C(=O)NC1=NCC=CC(F)=CCS1. The molecule has 2 unspecified atom stereocenters. The Morgan fingerprint density at radius 1 is 1.37 bits per heavy atom. The molecule has 0 radical (unpaired) electrons. The van der Waals surface area contributed by atoms with Gasteiger partial charge in [-0.2, -0.15) is 13.2 Å². The normalized spacial score (nSPS) is 20.4. The van der Waals surface area contributed by atoms with Gasteiger partial charge in [-0.15, -0.1) is 0 Å². The van der Waals surface area contributed by atoms with Gasteiger partial charge >= 0.3 is 12.2 Å². The van der Waals surface area contributed by atoms with E-state index in [0.717, 1.165) is 6.07 Å². The first-order valence-corrected chi connectivity index (χ1v) is 11.9. The van der Waals surface area contributed by atoms with Crippen LogP contribution in [0.15, 0.2) is 41.3 Å². The number of hydrogen-bond acceptors (Lipinski definition) is 7. The Bertz CT molecular complexity index is 1000. The van der Waals surface area contributed by atoms with Gasteiger partial charge < -0.3 is 20.0 Å². The number of amides is 2. The zero-order valence-electron chi connectivity index (χ0n) is 19.0. The number of piperazine rings is 1. The van der Waals surface area contributed by atoms with E-state index < -0.39 is 36.5 Å². The Kier molecular flexibility index (Phi) is 9.14. The lowest BCUT2D eigenvalue weighted by molar-refractivity contribution is -0.137. The van der Waals surface area contributed by atoms with Crippen molar-refractivity contribution in [3.63, 3.8) is 0 Å². The highest BCUT2D eigenvalue weighted by Gasteiger charge is 2.38. The van der Waals surface area contributed by atoms with Crippen LogP contribution in [0.4, 0.5) is 28.2 Å². The summed E-state index contributed by atoms with van der Waals surface area (Å²) in [7, 11) is 0. The van der Waals surface area contributed by atoms with Crippen molar-refractivity contribution in [3.8, 4) is 0 Å². The van der Waals surface area contributed by atoms with Gasteiger partial charge in [0.15, 0.2) is 5.17 Å². The van der Waals surface area contributed by atoms with Crippen LogP contribution in [-0.2, 0) is 12.6 Å². The van der Waals surface area contributed by atoms with Crippen molar-refractivity contribution >= 4 is 28.8 Å². The average Bonchev–Trinajstić information content (AvgIpc) is 2.90. The molecule has 3 N–H and O–H groups in total. The van der Waals surface area contributed by atoms with E-state index in [0.29, 0.717) is 5.17 Å². The van der Waals surface area contributed by atoms with Crippen molar-refractivity contribution in [3.05, 3.63) is 47.4 Å². The van der Waals surface area contributed by atoms with Gasteiger partial charge in [-0.05, 0) is 30.7 Å². The molecule has 1 saturated heterocycles. The summed E-state index contributed by atoms with van der Waals surface area (Å²) in [5.41, 5.74) is -0.776. The van der Waals surface area contributed by atoms with Crippen LogP contribution in [0.2, 0.25) is 0 Å². The van der Waals surface area contributed by atoms with Gasteiger partial charge in [-0.3, -0.25) is 10.3 Å². The molecule has 35 heavy (non-hydrogen) atoms. The molecule has 0 spiro atoms. The molecule has 8 nitrogen and oxygen atoms in total. The van der Waals surface area contributed by atoms with Crippen molar-refractivity contribution in [2.45, 2.75) is 31.7 Å². The number of aliphatic hydroxyl groups is 2. The van der Waals surface area contributed by atoms with E-state index in [1.807, 2.05) is 0 Å². The highest BCUT2D eigenvalue weighted by Crippen LogP contribution is 2.36. The average molecular weight is 518 g/mol. The predicted molar refractivity (Wildman–Crippen MR) is 126 cm³/mol. The Labute approximate surface area is 204 Å². The number of alkyl halides is 3. The van der Waals surface area contributed by atoms with E-state index in [4.69, 9.17) is 5.11 Å². The summed E-state index contributed by atoms with van der Waals surface area (Å²) in [5, 5.41) is 21.6. The Balaban J connectivity index is 1.69. The van der Waals surface area contributed by atoms with Crippen LogP contribution in [0.3, 0.4) is 0 Å². The number of aromatic nitrogens is 1. The number of aliphatic imine (C=N–C) groups is 1. The summed E-state index contributed by atoms with van der Waals surface area (Å²) in [6.07, 6.45) is -0.539. The van der Waals surface area contributed by atoms with E-state index in [9.17, 15) is 27.5 Å². The standard InChI is InChI=1S/C22H27F4N5O3S/c1-14-12-30(19-18(22(24,25)26)10-15(11-28-19)9-17(33)13-32)6-7-31(14)21(34)29-20-27-5-2-3-16(23)4-8-35-20/h2-4,10-11,14,17,32-33H,5-9,12-13H2,1H3,(H,27,29,34). The van der Waals surface area contributed by atoms with Gasteiger partial charge in [0.05, 0.1) is 24.8 Å². The fourth-order valence-electron chi connectivity index (χ4n) is 3.72. The zero-order valence-corrected chi connectivity index (χ0v) is 19.8. The van der Waals surface area contributed by atoms with E-state index in [-0.39, 0.29) is 55.6 Å². The van der Waals surface area contributed by atoms with E-state index in [2.05, 4.69) is 15.3 Å². The molecule has 1 aromatic heterocycles. The van der Waals surface area contributed by atoms with Gasteiger partial charge in [-0.25, -0.2) is 14.2 Å². The Morgan fingerprint density at radius 3 is 2.83 bits per heavy atom. The molecule has 1 fully saturated rings. The molecule has 0 aliphatic carbocycles. The van der Waals surface area contributed by atoms with Crippen LogP contribution in [0, 0.1) is 0 Å². The topological polar surface area (TPSA) is 101 Å². The van der Waals surface area contributed by atoms with Gasteiger partial charge in [0.25, 0.3) is 0 Å². The first-order valence-electron chi connectivity index (χ1n) is 11.0. The van der Waals surface area contributed by atoms with Gasteiger partial charge in [0.2, 0.25) is 0 Å². The summed E-state index contributed by atoms with van der Waals surface area (Å²) in [6.45, 7) is 1.76. The smallest absolute Gasteiger partial charge is 0.394 e. The number of carbonyl (C=O) groups is 1. The summed E-state index contributed by atoms with van der Waals surface area (Å²) in [6, 6.07) is 0.0682. The number of carbonyl (C=O) groups excluding carboxylic acids is 1. The lowest BCUT2D eigenvalue weighted by atomic mass is 10.1. The Hall–Kier alpha value is -2.64. The first kappa shape index (κ1) is 27.0. The molecular weight excluding hydrogens is 490 g/mol. The lowest BCUT2D eigenvalue weighted by Crippen LogP contribution is -2.57. The fraction of sp³-hybridized carbons (Fsp3) is 0.500. The number of rotatable bonds is 4. The molecule has 192 valence electrons. The number of aliphatic hydroxyl groups excluding tert-OH is 2. The number of urea groups is 1. The highest BCUT2D eigenvalue weighted by atomic mass is 32.2. The van der Waals surface area contributed by atoms with Crippen LogP contribution < -0.4 is 10.2 Å². The molecule has 13 heteroatoms. The number of nitrogens with one attached hydrogen (secondary N) is 1. The molecule has 2 amide bonds. The van der Waals surface area contributed by atoms with Crippen LogP contribution in [0.25, 0.3) is 0 Å². The molecule has 1 aromatic rings. The van der Waals surface area contributed by atoms with Crippen LogP contribution in [-0.4, -0.2) is 82.0 Å². The summed E-state index contributed by atoms with van der Waals surface area (Å²) >= 11 is 1.17. The minimum absolute atomic E-state index is 0.123. The number of halogens is 4. The quantitative estimate of drug-likeness (QED) is 0.531. The van der Waals surface area contributed by atoms with Crippen molar-refractivity contribution < 1.29 is 32.6 Å². The molecule has 3 rings (SSSR count). The highest BCUT2D eigenvalue weighted by molar-refractivity contribution is 8.14. The van der Waals surface area contributed by atoms with Crippen molar-refractivity contribution in [1.29, 1.82) is 0 Å². The van der Waals surface area contributed by atoms with Gasteiger partial charge in [0, 0.05) is 44.0 Å². The maximum atomic E-state index is 13.8. The number of anilines is 1. The lowest BCUT2D eigenvalue weighted by Gasteiger charge is -2.41. The number of hydrogen-bond donors (Lipinski definition) is 3. The Morgan fingerprint density at radius 2 is 2.14 bits per heavy atom. The maximum Gasteiger partial charge on any atom is 0.419 e. The molecule has 2 atom stereocenters. The minimum atomic E-state index is -4.67. The maximum absolute atomic E-state index is 13.8. The second kappa shape index (κ2) is 11.9. The summed E-state index contributed by atoms with van der Waals surface area (Å²) < 4.78 is 54.8. The van der Waals surface area contributed by atoms with Gasteiger partial charge in [-0.1, -0.05) is 17.8 Å². The summed E-state index contributed by atoms with van der Waals surface area (Å²) in [4.78, 5) is 24.1. The number of nitrogens with zero attached hydrogens (tertiary/aromatic N) is 4. The van der Waals surface area contributed by atoms with E-state index in [1.54, 1.807) is 6.92 Å². The fourth-order valence-corrected chi connectivity index (χ4v) is 4.44. The first-order chi connectivity index (χ1) is 16.6. The second-order valence-corrected chi connectivity index (χ2v) is 9.13. The van der Waals surface area contributed by atoms with Crippen molar-refractivity contribution in [2.75, 3.05) is 43.4 Å². The molecule has 2 aliphatic rings. The molecule has 0 aromatic carbocycles. The zero-order chi connectivity index (χ0) is 25.6. The van der Waals surface area contributed by atoms with E-state index >= 15 is 0 Å². The molecule has 0 saturated carbocycles. The summed E-state index contributed by atoms with van der Waals surface area (Å²) in [5.74, 6) is -0.339. The number of amidine groups is 1. The third-order valence-corrected chi connectivity index (χ3v) is 6.27.